The molecule has 2 aliphatic rings. The summed E-state index contributed by atoms with van der Waals surface area (Å²) in [6.07, 6.45) is 0.692. The molecule has 126 valence electrons. The van der Waals surface area contributed by atoms with Crippen LogP contribution in [0, 0.1) is 0 Å². The van der Waals surface area contributed by atoms with Gasteiger partial charge in [0.05, 0.1) is 12.3 Å². The highest BCUT2D eigenvalue weighted by molar-refractivity contribution is 7.10. The number of thiazole rings is 1. The third-order valence-electron chi connectivity index (χ3n) is 4.55. The number of morpholine rings is 1. The van der Waals surface area contributed by atoms with E-state index in [4.69, 9.17) is 14.5 Å². The van der Waals surface area contributed by atoms with Gasteiger partial charge in [-0.3, -0.25) is 9.69 Å². The van der Waals surface area contributed by atoms with Crippen LogP contribution in [0.4, 0.5) is 0 Å². The zero-order chi connectivity index (χ0) is 16.5. The Morgan fingerprint density at radius 3 is 2.88 bits per heavy atom. The molecule has 5 nitrogen and oxygen atoms in total. The van der Waals surface area contributed by atoms with E-state index in [0.717, 1.165) is 29.2 Å². The number of hydrogen-bond acceptors (Lipinski definition) is 6. The number of aromatic nitrogens is 1. The molecular formula is C18H20N2O3S. The van der Waals surface area contributed by atoms with Gasteiger partial charge < -0.3 is 9.47 Å². The Hall–Kier alpha value is -1.76. The number of cyclic esters (lactones) is 1. The van der Waals surface area contributed by atoms with Crippen LogP contribution in [0.15, 0.2) is 35.7 Å². The molecule has 0 radical (unpaired) electrons. The SMILES string of the molecule is C[C@@H]1C[C@H](N2CCO[C@@H](c3nc(-c4ccccc4)cs3)C2)C(=O)O1. The van der Waals surface area contributed by atoms with Gasteiger partial charge in [-0.15, -0.1) is 11.3 Å². The van der Waals surface area contributed by atoms with Gasteiger partial charge in [0.1, 0.15) is 23.3 Å². The second-order valence-electron chi connectivity index (χ2n) is 6.29. The number of carbonyl (C=O) groups excluding carboxylic acids is 1. The van der Waals surface area contributed by atoms with Crippen molar-refractivity contribution in [3.63, 3.8) is 0 Å². The fourth-order valence-electron chi connectivity index (χ4n) is 3.31. The number of rotatable bonds is 3. The van der Waals surface area contributed by atoms with Gasteiger partial charge in [0.2, 0.25) is 0 Å². The van der Waals surface area contributed by atoms with Crippen LogP contribution >= 0.6 is 11.3 Å². The van der Waals surface area contributed by atoms with Gasteiger partial charge in [0.25, 0.3) is 0 Å². The van der Waals surface area contributed by atoms with E-state index in [1.807, 2.05) is 25.1 Å². The highest BCUT2D eigenvalue weighted by Crippen LogP contribution is 2.31. The van der Waals surface area contributed by atoms with Crippen LogP contribution in [0.2, 0.25) is 0 Å². The lowest BCUT2D eigenvalue weighted by atomic mass is 10.1. The third kappa shape index (κ3) is 3.09. The van der Waals surface area contributed by atoms with Crippen molar-refractivity contribution in [3.05, 3.63) is 40.7 Å². The minimum atomic E-state index is -0.139. The van der Waals surface area contributed by atoms with E-state index < -0.39 is 0 Å². The number of hydrogen-bond donors (Lipinski definition) is 0. The molecule has 2 aromatic rings. The molecule has 3 atom stereocenters. The van der Waals surface area contributed by atoms with E-state index in [0.29, 0.717) is 13.2 Å². The summed E-state index contributed by atoms with van der Waals surface area (Å²) in [6.45, 7) is 4.01. The van der Waals surface area contributed by atoms with Crippen LogP contribution in [0.25, 0.3) is 11.3 Å². The molecule has 0 saturated carbocycles. The molecule has 1 aromatic carbocycles. The summed E-state index contributed by atoms with van der Waals surface area (Å²) in [5.41, 5.74) is 2.09. The summed E-state index contributed by atoms with van der Waals surface area (Å²) in [7, 11) is 0. The van der Waals surface area contributed by atoms with Crippen LogP contribution in [-0.4, -0.2) is 47.7 Å². The predicted molar refractivity (Wildman–Crippen MR) is 91.8 cm³/mol. The van der Waals surface area contributed by atoms with Crippen LogP contribution in [-0.2, 0) is 14.3 Å². The lowest BCUT2D eigenvalue weighted by Crippen LogP contribution is -2.46. The summed E-state index contributed by atoms with van der Waals surface area (Å²) in [4.78, 5) is 18.9. The second-order valence-corrected chi connectivity index (χ2v) is 7.18. The Labute approximate surface area is 145 Å². The molecular weight excluding hydrogens is 324 g/mol. The number of esters is 1. The monoisotopic (exact) mass is 344 g/mol. The maximum atomic E-state index is 12.0. The molecule has 0 spiro atoms. The highest BCUT2D eigenvalue weighted by Gasteiger charge is 2.39. The molecule has 0 N–H and O–H groups in total. The van der Waals surface area contributed by atoms with Crippen molar-refractivity contribution >= 4 is 17.3 Å². The largest absolute Gasteiger partial charge is 0.461 e. The van der Waals surface area contributed by atoms with Crippen molar-refractivity contribution in [2.24, 2.45) is 0 Å². The molecule has 1 aromatic heterocycles. The Morgan fingerprint density at radius 1 is 1.29 bits per heavy atom. The second kappa shape index (κ2) is 6.63. The molecule has 24 heavy (non-hydrogen) atoms. The van der Waals surface area contributed by atoms with E-state index >= 15 is 0 Å². The van der Waals surface area contributed by atoms with Crippen molar-refractivity contribution in [2.75, 3.05) is 19.7 Å². The van der Waals surface area contributed by atoms with Gasteiger partial charge in [-0.25, -0.2) is 4.98 Å². The minimum absolute atomic E-state index is 0.00772. The number of ether oxygens (including phenoxy) is 2. The third-order valence-corrected chi connectivity index (χ3v) is 5.49. The maximum absolute atomic E-state index is 12.0. The Bertz CT molecular complexity index is 718. The molecule has 0 bridgehead atoms. The summed E-state index contributed by atoms with van der Waals surface area (Å²) >= 11 is 1.62. The summed E-state index contributed by atoms with van der Waals surface area (Å²) in [6, 6.07) is 10.0. The first-order valence-corrected chi connectivity index (χ1v) is 9.15. The molecule has 6 heteroatoms. The van der Waals surface area contributed by atoms with Crippen LogP contribution in [0.1, 0.15) is 24.5 Å². The molecule has 2 aliphatic heterocycles. The summed E-state index contributed by atoms with van der Waals surface area (Å²) in [5, 5.41) is 3.04. The van der Waals surface area contributed by atoms with Gasteiger partial charge in [-0.05, 0) is 6.92 Å². The Balaban J connectivity index is 1.49. The average molecular weight is 344 g/mol. The van der Waals surface area contributed by atoms with E-state index in [1.54, 1.807) is 11.3 Å². The molecule has 4 rings (SSSR count). The molecule has 0 amide bonds. The Kier molecular flexibility index (Phi) is 4.35. The fraction of sp³-hybridized carbons (Fsp3) is 0.444. The molecule has 2 fully saturated rings. The van der Waals surface area contributed by atoms with Gasteiger partial charge in [0.15, 0.2) is 0 Å². The highest BCUT2D eigenvalue weighted by atomic mass is 32.1. The first kappa shape index (κ1) is 15.7. The van der Waals surface area contributed by atoms with Crippen LogP contribution in [0.3, 0.4) is 0 Å². The quantitative estimate of drug-likeness (QED) is 0.802. The summed E-state index contributed by atoms with van der Waals surface area (Å²) < 4.78 is 11.2. The van der Waals surface area contributed by atoms with Gasteiger partial charge in [-0.2, -0.15) is 0 Å². The number of benzene rings is 1. The van der Waals surface area contributed by atoms with E-state index in [2.05, 4.69) is 22.4 Å². The van der Waals surface area contributed by atoms with Crippen molar-refractivity contribution < 1.29 is 14.3 Å². The average Bonchev–Trinajstić information content (AvgIpc) is 3.22. The van der Waals surface area contributed by atoms with Crippen molar-refractivity contribution in [2.45, 2.75) is 31.6 Å². The molecule has 2 saturated heterocycles. The standard InChI is InChI=1S/C18H20N2O3S/c1-12-9-15(18(21)23-12)20-7-8-22-16(10-20)17-19-14(11-24-17)13-5-3-2-4-6-13/h2-6,11-12,15-16H,7-10H2,1H3/t12-,15+,16-/m1/s1. The van der Waals surface area contributed by atoms with Gasteiger partial charge in [-0.1, -0.05) is 30.3 Å². The van der Waals surface area contributed by atoms with Crippen LogP contribution < -0.4 is 0 Å². The number of carbonyl (C=O) groups is 1. The van der Waals surface area contributed by atoms with Crippen molar-refractivity contribution in [1.29, 1.82) is 0 Å². The van der Waals surface area contributed by atoms with Crippen molar-refractivity contribution in [1.82, 2.24) is 9.88 Å². The van der Waals surface area contributed by atoms with Crippen LogP contribution in [0.5, 0.6) is 0 Å². The first-order chi connectivity index (χ1) is 11.7. The van der Waals surface area contributed by atoms with Gasteiger partial charge >= 0.3 is 5.97 Å². The lowest BCUT2D eigenvalue weighted by molar-refractivity contribution is -0.147. The fourth-order valence-corrected chi connectivity index (χ4v) is 4.18. The molecule has 3 heterocycles. The zero-order valence-corrected chi connectivity index (χ0v) is 14.4. The normalized spacial score (nSPS) is 28.0. The zero-order valence-electron chi connectivity index (χ0n) is 13.6. The van der Waals surface area contributed by atoms with Crippen molar-refractivity contribution in [3.8, 4) is 11.3 Å². The van der Waals surface area contributed by atoms with E-state index in [9.17, 15) is 4.79 Å². The maximum Gasteiger partial charge on any atom is 0.323 e. The molecule has 0 aliphatic carbocycles. The first-order valence-electron chi connectivity index (χ1n) is 8.27. The minimum Gasteiger partial charge on any atom is -0.461 e. The topological polar surface area (TPSA) is 51.7 Å². The van der Waals surface area contributed by atoms with E-state index in [-0.39, 0.29) is 24.2 Å². The van der Waals surface area contributed by atoms with Gasteiger partial charge in [0, 0.05) is 30.5 Å². The summed E-state index contributed by atoms with van der Waals surface area (Å²) in [5.74, 6) is -0.104. The lowest BCUT2D eigenvalue weighted by Gasteiger charge is -2.34. The smallest absolute Gasteiger partial charge is 0.323 e. The van der Waals surface area contributed by atoms with E-state index in [1.165, 1.54) is 0 Å². The predicted octanol–water partition coefficient (Wildman–Crippen LogP) is 2.89. The molecule has 0 unspecified atom stereocenters. The number of nitrogens with zero attached hydrogens (tertiary/aromatic N) is 2. The Morgan fingerprint density at radius 2 is 2.12 bits per heavy atom.